The van der Waals surface area contributed by atoms with Gasteiger partial charge >= 0.3 is 5.69 Å². The van der Waals surface area contributed by atoms with Crippen molar-refractivity contribution in [3.05, 3.63) is 40.4 Å². The van der Waals surface area contributed by atoms with Crippen LogP contribution in [-0.4, -0.2) is 19.7 Å². The molecule has 0 aliphatic carbocycles. The van der Waals surface area contributed by atoms with E-state index in [1.807, 2.05) is 27.7 Å². The Morgan fingerprint density at radius 1 is 1.42 bits per heavy atom. The third-order valence-electron chi connectivity index (χ3n) is 2.82. The zero-order valence-corrected chi connectivity index (χ0v) is 11.3. The molecule has 0 spiro atoms. The van der Waals surface area contributed by atoms with Gasteiger partial charge in [-0.05, 0) is 6.92 Å². The van der Waals surface area contributed by atoms with Gasteiger partial charge in [0.25, 0.3) is 0 Å². The van der Waals surface area contributed by atoms with Crippen LogP contribution in [0.4, 0.5) is 5.69 Å². The molecule has 2 heterocycles. The number of oxazole rings is 1. The summed E-state index contributed by atoms with van der Waals surface area (Å²) in [5.74, 6) is 1.26. The smallest absolute Gasteiger partial charge is 0.307 e. The summed E-state index contributed by atoms with van der Waals surface area (Å²) in [5, 5.41) is 14.6. The van der Waals surface area contributed by atoms with Crippen molar-refractivity contribution in [3.8, 4) is 0 Å². The molecule has 0 saturated heterocycles. The fourth-order valence-electron chi connectivity index (χ4n) is 1.57. The predicted octanol–water partition coefficient (Wildman–Crippen LogP) is 2.69. The molecule has 0 amide bonds. The molecule has 2 rings (SSSR count). The average molecular weight is 264 g/mol. The minimum atomic E-state index is -0.480. The highest BCUT2D eigenvalue weighted by Crippen LogP contribution is 2.26. The van der Waals surface area contributed by atoms with Crippen molar-refractivity contribution >= 4 is 5.69 Å². The molecule has 2 aromatic heterocycles. The summed E-state index contributed by atoms with van der Waals surface area (Å²) in [6.45, 7) is 7.91. The van der Waals surface area contributed by atoms with E-state index in [9.17, 15) is 10.1 Å². The summed E-state index contributed by atoms with van der Waals surface area (Å²) in [6, 6.07) is -0.287. The number of aromatic nitrogens is 3. The number of nitrogens with zero attached hydrogens (tertiary/aromatic N) is 4. The van der Waals surface area contributed by atoms with E-state index in [1.165, 1.54) is 17.1 Å². The molecule has 102 valence electrons. The quantitative estimate of drug-likeness (QED) is 0.628. The van der Waals surface area contributed by atoms with Gasteiger partial charge in [0.2, 0.25) is 5.89 Å². The molecular formula is C12H16N4O3. The Labute approximate surface area is 110 Å². The maximum atomic E-state index is 10.6. The Morgan fingerprint density at radius 3 is 2.58 bits per heavy atom. The van der Waals surface area contributed by atoms with Gasteiger partial charge in [0.15, 0.2) is 0 Å². The molecule has 0 unspecified atom stereocenters. The van der Waals surface area contributed by atoms with Crippen molar-refractivity contribution in [2.45, 2.75) is 39.2 Å². The van der Waals surface area contributed by atoms with Gasteiger partial charge in [-0.3, -0.25) is 14.8 Å². The third kappa shape index (κ3) is 2.64. The van der Waals surface area contributed by atoms with Gasteiger partial charge in [-0.15, -0.1) is 0 Å². The lowest BCUT2D eigenvalue weighted by molar-refractivity contribution is -0.385. The van der Waals surface area contributed by atoms with Crippen LogP contribution in [-0.2, 0) is 5.41 Å². The van der Waals surface area contributed by atoms with E-state index in [2.05, 4.69) is 10.1 Å². The minimum absolute atomic E-state index is 0.0468. The molecule has 0 N–H and O–H groups in total. The second kappa shape index (κ2) is 4.49. The molecule has 0 radical (unpaired) electrons. The van der Waals surface area contributed by atoms with Crippen molar-refractivity contribution in [1.29, 1.82) is 0 Å². The van der Waals surface area contributed by atoms with Crippen LogP contribution in [0.3, 0.4) is 0 Å². The first-order valence-electron chi connectivity index (χ1n) is 5.94. The van der Waals surface area contributed by atoms with Gasteiger partial charge in [0, 0.05) is 5.41 Å². The van der Waals surface area contributed by atoms with Gasteiger partial charge in [0.1, 0.15) is 24.2 Å². The number of rotatable bonds is 3. The second-order valence-corrected chi connectivity index (χ2v) is 5.42. The zero-order chi connectivity index (χ0) is 14.2. The van der Waals surface area contributed by atoms with Crippen LogP contribution < -0.4 is 0 Å². The third-order valence-corrected chi connectivity index (χ3v) is 2.82. The summed E-state index contributed by atoms with van der Waals surface area (Å²) in [4.78, 5) is 14.4. The molecule has 1 atom stereocenters. The second-order valence-electron chi connectivity index (χ2n) is 5.42. The van der Waals surface area contributed by atoms with Gasteiger partial charge < -0.3 is 4.42 Å². The molecule has 2 aromatic rings. The summed E-state index contributed by atoms with van der Waals surface area (Å²) in [7, 11) is 0. The number of nitro groups is 1. The first kappa shape index (κ1) is 13.3. The maximum Gasteiger partial charge on any atom is 0.307 e. The first-order chi connectivity index (χ1) is 8.79. The first-order valence-corrected chi connectivity index (χ1v) is 5.94. The fourth-order valence-corrected chi connectivity index (χ4v) is 1.57. The predicted molar refractivity (Wildman–Crippen MR) is 67.9 cm³/mol. The molecule has 19 heavy (non-hydrogen) atoms. The van der Waals surface area contributed by atoms with Crippen LogP contribution in [0, 0.1) is 10.1 Å². The largest absolute Gasteiger partial charge is 0.443 e. The van der Waals surface area contributed by atoms with Crippen LogP contribution in [0.25, 0.3) is 0 Å². The highest BCUT2D eigenvalue weighted by molar-refractivity contribution is 5.21. The lowest BCUT2D eigenvalue weighted by Gasteiger charge is -2.14. The Kier molecular flexibility index (Phi) is 3.13. The summed E-state index contributed by atoms with van der Waals surface area (Å²) in [6.07, 6.45) is 4.26. The zero-order valence-electron chi connectivity index (χ0n) is 11.3. The van der Waals surface area contributed by atoms with Gasteiger partial charge in [-0.2, -0.15) is 5.10 Å². The average Bonchev–Trinajstić information content (AvgIpc) is 2.97. The molecule has 7 nitrogen and oxygen atoms in total. The van der Waals surface area contributed by atoms with Gasteiger partial charge in [0.05, 0.1) is 11.1 Å². The van der Waals surface area contributed by atoms with Crippen molar-refractivity contribution in [3.63, 3.8) is 0 Å². The van der Waals surface area contributed by atoms with Crippen LogP contribution in [0.5, 0.6) is 0 Å². The van der Waals surface area contributed by atoms with Gasteiger partial charge in [-0.1, -0.05) is 20.8 Å². The van der Waals surface area contributed by atoms with Gasteiger partial charge in [-0.25, -0.2) is 4.98 Å². The molecule has 0 bridgehead atoms. The Bertz CT molecular complexity index is 594. The Hall–Kier alpha value is -2.18. The lowest BCUT2D eigenvalue weighted by Crippen LogP contribution is -2.10. The highest BCUT2D eigenvalue weighted by Gasteiger charge is 2.23. The molecule has 0 fully saturated rings. The van der Waals surface area contributed by atoms with Crippen molar-refractivity contribution in [2.75, 3.05) is 0 Å². The number of hydrogen-bond acceptors (Lipinski definition) is 5. The van der Waals surface area contributed by atoms with E-state index in [0.29, 0.717) is 5.89 Å². The van der Waals surface area contributed by atoms with Crippen LogP contribution >= 0.6 is 0 Å². The van der Waals surface area contributed by atoms with Crippen LogP contribution in [0.15, 0.2) is 23.0 Å². The molecule has 7 heteroatoms. The van der Waals surface area contributed by atoms with Crippen LogP contribution in [0.1, 0.15) is 45.4 Å². The fraction of sp³-hybridized carbons (Fsp3) is 0.500. The van der Waals surface area contributed by atoms with Crippen molar-refractivity contribution < 1.29 is 9.34 Å². The van der Waals surface area contributed by atoms with E-state index in [1.54, 1.807) is 6.20 Å². The van der Waals surface area contributed by atoms with E-state index >= 15 is 0 Å². The summed E-state index contributed by atoms with van der Waals surface area (Å²) in [5.41, 5.74) is -0.171. The SMILES string of the molecule is C[C@H](c1ncc(C(C)(C)C)o1)n1cc([N+](=O)[O-])cn1. The lowest BCUT2D eigenvalue weighted by atomic mass is 9.94. The standard InChI is InChI=1S/C12H16N4O3/c1-8(15-7-9(5-14-15)16(17)18)11-13-6-10(19-11)12(2,3)4/h5-8H,1-4H3/t8-/m1/s1. The molecule has 0 aliphatic heterocycles. The molecule has 0 saturated carbocycles. The van der Waals surface area contributed by atoms with E-state index in [4.69, 9.17) is 4.42 Å². The summed E-state index contributed by atoms with van der Waals surface area (Å²) < 4.78 is 7.16. The molecule has 0 aromatic carbocycles. The topological polar surface area (TPSA) is 87.0 Å². The maximum absolute atomic E-state index is 10.6. The number of hydrogen-bond donors (Lipinski definition) is 0. The van der Waals surface area contributed by atoms with E-state index in [0.717, 1.165) is 5.76 Å². The molecule has 0 aliphatic rings. The highest BCUT2D eigenvalue weighted by atomic mass is 16.6. The monoisotopic (exact) mass is 264 g/mol. The van der Waals surface area contributed by atoms with Crippen molar-refractivity contribution in [2.24, 2.45) is 0 Å². The normalized spacial score (nSPS) is 13.5. The Morgan fingerprint density at radius 2 is 2.11 bits per heavy atom. The van der Waals surface area contributed by atoms with Crippen molar-refractivity contribution in [1.82, 2.24) is 14.8 Å². The Balaban J connectivity index is 2.26. The van der Waals surface area contributed by atoms with Crippen LogP contribution in [0.2, 0.25) is 0 Å². The van der Waals surface area contributed by atoms with E-state index < -0.39 is 4.92 Å². The minimum Gasteiger partial charge on any atom is -0.443 e. The molecular weight excluding hydrogens is 248 g/mol. The van der Waals surface area contributed by atoms with E-state index in [-0.39, 0.29) is 17.1 Å². The summed E-state index contributed by atoms with van der Waals surface area (Å²) >= 11 is 0.